The molecule has 1 saturated heterocycles. The SMILES string of the molecule is CC(C)NCCCC(=O)N1CCN(c2nccs2)CC1. The summed E-state index contributed by atoms with van der Waals surface area (Å²) < 4.78 is 0. The van der Waals surface area contributed by atoms with Gasteiger partial charge < -0.3 is 15.1 Å². The Morgan fingerprint density at radius 3 is 2.75 bits per heavy atom. The van der Waals surface area contributed by atoms with E-state index in [0.29, 0.717) is 12.5 Å². The van der Waals surface area contributed by atoms with Crippen molar-refractivity contribution in [3.8, 4) is 0 Å². The number of hydrogen-bond donors (Lipinski definition) is 1. The van der Waals surface area contributed by atoms with Crippen molar-refractivity contribution in [3.05, 3.63) is 11.6 Å². The fourth-order valence-electron chi connectivity index (χ4n) is 2.31. The lowest BCUT2D eigenvalue weighted by Crippen LogP contribution is -2.48. The third-order valence-electron chi connectivity index (χ3n) is 3.44. The molecule has 1 aliphatic heterocycles. The van der Waals surface area contributed by atoms with Crippen LogP contribution in [0.2, 0.25) is 0 Å². The fraction of sp³-hybridized carbons (Fsp3) is 0.714. The van der Waals surface area contributed by atoms with Gasteiger partial charge in [0.25, 0.3) is 0 Å². The molecule has 112 valence electrons. The van der Waals surface area contributed by atoms with E-state index >= 15 is 0 Å². The van der Waals surface area contributed by atoms with Gasteiger partial charge in [0.05, 0.1) is 0 Å². The van der Waals surface area contributed by atoms with Gasteiger partial charge in [0.2, 0.25) is 5.91 Å². The quantitative estimate of drug-likeness (QED) is 0.810. The predicted molar refractivity (Wildman–Crippen MR) is 83.3 cm³/mol. The lowest BCUT2D eigenvalue weighted by Gasteiger charge is -2.34. The molecular weight excluding hydrogens is 272 g/mol. The normalized spacial score (nSPS) is 15.9. The van der Waals surface area contributed by atoms with Gasteiger partial charge in [0.15, 0.2) is 5.13 Å². The van der Waals surface area contributed by atoms with Crippen LogP contribution < -0.4 is 10.2 Å². The van der Waals surface area contributed by atoms with Gasteiger partial charge in [-0.1, -0.05) is 13.8 Å². The first-order chi connectivity index (χ1) is 9.66. The molecule has 0 aliphatic carbocycles. The Labute approximate surface area is 125 Å². The number of hydrogen-bond acceptors (Lipinski definition) is 5. The van der Waals surface area contributed by atoms with Crippen LogP contribution in [-0.2, 0) is 4.79 Å². The van der Waals surface area contributed by atoms with Gasteiger partial charge in [-0.15, -0.1) is 11.3 Å². The van der Waals surface area contributed by atoms with E-state index in [9.17, 15) is 4.79 Å². The highest BCUT2D eigenvalue weighted by atomic mass is 32.1. The zero-order valence-electron chi connectivity index (χ0n) is 12.3. The minimum absolute atomic E-state index is 0.286. The molecule has 6 heteroatoms. The number of aromatic nitrogens is 1. The van der Waals surface area contributed by atoms with Gasteiger partial charge in [-0.05, 0) is 13.0 Å². The van der Waals surface area contributed by atoms with Crippen molar-refractivity contribution in [2.45, 2.75) is 32.7 Å². The average molecular weight is 296 g/mol. The van der Waals surface area contributed by atoms with E-state index in [4.69, 9.17) is 0 Å². The third kappa shape index (κ3) is 4.45. The molecule has 2 rings (SSSR count). The first kappa shape index (κ1) is 15.3. The molecular formula is C14H24N4OS. The van der Waals surface area contributed by atoms with Crippen LogP contribution in [0, 0.1) is 0 Å². The molecule has 5 nitrogen and oxygen atoms in total. The summed E-state index contributed by atoms with van der Waals surface area (Å²) in [5, 5.41) is 6.41. The molecule has 0 unspecified atom stereocenters. The summed E-state index contributed by atoms with van der Waals surface area (Å²) in [6.45, 7) is 8.58. The Kier molecular flexibility index (Phi) is 5.79. The second-order valence-electron chi connectivity index (χ2n) is 5.39. The second-order valence-corrected chi connectivity index (χ2v) is 6.27. The molecule has 0 atom stereocenters. The Morgan fingerprint density at radius 2 is 2.15 bits per heavy atom. The standard InChI is InChI=1S/C14H24N4OS/c1-12(2)15-5-3-4-13(19)17-7-9-18(10-8-17)14-16-6-11-20-14/h6,11-12,15H,3-5,7-10H2,1-2H3. The number of carbonyl (C=O) groups excluding carboxylic acids is 1. The van der Waals surface area contributed by atoms with Gasteiger partial charge >= 0.3 is 0 Å². The number of anilines is 1. The lowest BCUT2D eigenvalue weighted by molar-refractivity contribution is -0.131. The van der Waals surface area contributed by atoms with E-state index in [0.717, 1.165) is 44.3 Å². The molecule has 0 spiro atoms. The van der Waals surface area contributed by atoms with Crippen LogP contribution in [0.4, 0.5) is 5.13 Å². The number of piperazine rings is 1. The lowest BCUT2D eigenvalue weighted by atomic mass is 10.2. The minimum atomic E-state index is 0.286. The first-order valence-corrected chi connectivity index (χ1v) is 8.20. The van der Waals surface area contributed by atoms with E-state index in [-0.39, 0.29) is 5.91 Å². The zero-order chi connectivity index (χ0) is 14.4. The van der Waals surface area contributed by atoms with Crippen molar-refractivity contribution in [2.75, 3.05) is 37.6 Å². The number of amides is 1. The summed E-state index contributed by atoms with van der Waals surface area (Å²) in [6, 6.07) is 0.493. The molecule has 0 saturated carbocycles. The summed E-state index contributed by atoms with van der Waals surface area (Å²) in [6.07, 6.45) is 3.40. The van der Waals surface area contributed by atoms with Gasteiger partial charge in [-0.25, -0.2) is 4.98 Å². The van der Waals surface area contributed by atoms with Gasteiger partial charge in [0.1, 0.15) is 0 Å². The Hall–Kier alpha value is -1.14. The van der Waals surface area contributed by atoms with Gasteiger partial charge in [-0.2, -0.15) is 0 Å². The number of nitrogens with zero attached hydrogens (tertiary/aromatic N) is 3. The Balaban J connectivity index is 1.67. The maximum atomic E-state index is 12.1. The Morgan fingerprint density at radius 1 is 1.40 bits per heavy atom. The molecule has 1 aliphatic rings. The molecule has 0 radical (unpaired) electrons. The van der Waals surface area contributed by atoms with Crippen LogP contribution in [0.25, 0.3) is 0 Å². The van der Waals surface area contributed by atoms with Crippen molar-refractivity contribution in [2.24, 2.45) is 0 Å². The van der Waals surface area contributed by atoms with Crippen molar-refractivity contribution in [1.82, 2.24) is 15.2 Å². The minimum Gasteiger partial charge on any atom is -0.345 e. The largest absolute Gasteiger partial charge is 0.345 e. The molecule has 0 bridgehead atoms. The number of rotatable bonds is 6. The maximum Gasteiger partial charge on any atom is 0.222 e. The molecule has 0 aromatic carbocycles. The van der Waals surface area contributed by atoms with E-state index in [2.05, 4.69) is 29.0 Å². The second kappa shape index (κ2) is 7.59. The van der Waals surface area contributed by atoms with Crippen LogP contribution in [0.1, 0.15) is 26.7 Å². The summed E-state index contributed by atoms with van der Waals surface area (Å²) in [7, 11) is 0. The van der Waals surface area contributed by atoms with E-state index in [1.54, 1.807) is 11.3 Å². The topological polar surface area (TPSA) is 48.5 Å². The van der Waals surface area contributed by atoms with Crippen molar-refractivity contribution in [1.29, 1.82) is 0 Å². The van der Waals surface area contributed by atoms with Crippen LogP contribution in [0.5, 0.6) is 0 Å². The highest BCUT2D eigenvalue weighted by Gasteiger charge is 2.21. The number of thiazole rings is 1. The summed E-state index contributed by atoms with van der Waals surface area (Å²) in [4.78, 5) is 20.7. The molecule has 20 heavy (non-hydrogen) atoms. The van der Waals surface area contributed by atoms with E-state index in [1.807, 2.05) is 16.5 Å². The highest BCUT2D eigenvalue weighted by Crippen LogP contribution is 2.19. The smallest absolute Gasteiger partial charge is 0.222 e. The van der Waals surface area contributed by atoms with Crippen molar-refractivity contribution < 1.29 is 4.79 Å². The molecule has 1 aromatic rings. The van der Waals surface area contributed by atoms with Gasteiger partial charge in [0, 0.05) is 50.2 Å². The van der Waals surface area contributed by atoms with Crippen LogP contribution >= 0.6 is 11.3 Å². The van der Waals surface area contributed by atoms with E-state index < -0.39 is 0 Å². The van der Waals surface area contributed by atoms with Crippen LogP contribution in [0.3, 0.4) is 0 Å². The molecule has 1 amide bonds. The molecule has 2 heterocycles. The number of nitrogens with one attached hydrogen (secondary N) is 1. The highest BCUT2D eigenvalue weighted by molar-refractivity contribution is 7.13. The van der Waals surface area contributed by atoms with E-state index in [1.165, 1.54) is 0 Å². The fourth-order valence-corrected chi connectivity index (χ4v) is 3.00. The molecule has 1 aromatic heterocycles. The summed E-state index contributed by atoms with van der Waals surface area (Å²) in [5.41, 5.74) is 0. The van der Waals surface area contributed by atoms with Crippen molar-refractivity contribution in [3.63, 3.8) is 0 Å². The van der Waals surface area contributed by atoms with Crippen molar-refractivity contribution >= 4 is 22.4 Å². The first-order valence-electron chi connectivity index (χ1n) is 7.32. The Bertz CT molecular complexity index is 399. The number of carbonyl (C=O) groups is 1. The summed E-state index contributed by atoms with van der Waals surface area (Å²) in [5.74, 6) is 0.286. The molecule has 1 fully saturated rings. The van der Waals surface area contributed by atoms with Gasteiger partial charge in [-0.3, -0.25) is 4.79 Å². The maximum absolute atomic E-state index is 12.1. The van der Waals surface area contributed by atoms with Crippen LogP contribution in [-0.4, -0.2) is 54.6 Å². The zero-order valence-corrected chi connectivity index (χ0v) is 13.2. The monoisotopic (exact) mass is 296 g/mol. The predicted octanol–water partition coefficient (Wildman–Crippen LogP) is 1.57. The van der Waals surface area contributed by atoms with Crippen LogP contribution in [0.15, 0.2) is 11.6 Å². The summed E-state index contributed by atoms with van der Waals surface area (Å²) >= 11 is 1.66. The average Bonchev–Trinajstić information content (AvgIpc) is 2.97. The third-order valence-corrected chi connectivity index (χ3v) is 4.27. The molecule has 1 N–H and O–H groups in total.